The van der Waals surface area contributed by atoms with Gasteiger partial charge >= 0.3 is 0 Å². The highest BCUT2D eigenvalue weighted by Gasteiger charge is 2.26. The summed E-state index contributed by atoms with van der Waals surface area (Å²) in [6.07, 6.45) is 1.89. The molecule has 0 saturated carbocycles. The molecule has 0 spiro atoms. The minimum atomic E-state index is -3.85. The van der Waals surface area contributed by atoms with E-state index in [-0.39, 0.29) is 18.0 Å². The summed E-state index contributed by atoms with van der Waals surface area (Å²) in [6, 6.07) is 24.6. The van der Waals surface area contributed by atoms with Gasteiger partial charge in [0.2, 0.25) is 10.0 Å². The highest BCUT2D eigenvalue weighted by atomic mass is 35.5. The number of nitrogens with zero attached hydrogens (tertiary/aromatic N) is 2. The van der Waals surface area contributed by atoms with Gasteiger partial charge in [-0.05, 0) is 30.2 Å². The summed E-state index contributed by atoms with van der Waals surface area (Å²) in [6.45, 7) is -0.202. The smallest absolute Gasteiger partial charge is 0.255 e. The van der Waals surface area contributed by atoms with Crippen LogP contribution in [0.5, 0.6) is 0 Å². The van der Waals surface area contributed by atoms with Gasteiger partial charge in [0.15, 0.2) is 0 Å². The zero-order valence-corrected chi connectivity index (χ0v) is 18.3. The molecule has 31 heavy (non-hydrogen) atoms. The first kappa shape index (κ1) is 22.7. The predicted molar refractivity (Wildman–Crippen MR) is 123 cm³/mol. The van der Waals surface area contributed by atoms with Gasteiger partial charge in [-0.25, -0.2) is 13.8 Å². The molecular weight excluding hydrogens is 434 g/mol. The Morgan fingerprint density at radius 2 is 1.55 bits per heavy atom. The summed E-state index contributed by atoms with van der Waals surface area (Å²) < 4.78 is 27.4. The van der Waals surface area contributed by atoms with Crippen molar-refractivity contribution in [3.8, 4) is 0 Å². The fourth-order valence-corrected chi connectivity index (χ4v) is 4.48. The van der Waals surface area contributed by atoms with Gasteiger partial charge < -0.3 is 0 Å². The molecule has 0 aliphatic rings. The van der Waals surface area contributed by atoms with Gasteiger partial charge in [0.05, 0.1) is 17.7 Å². The van der Waals surface area contributed by atoms with E-state index in [0.717, 1.165) is 9.87 Å². The Morgan fingerprint density at radius 1 is 0.935 bits per heavy atom. The number of amides is 1. The topological polar surface area (TPSA) is 78.8 Å². The van der Waals surface area contributed by atoms with Crippen molar-refractivity contribution in [1.82, 2.24) is 9.73 Å². The van der Waals surface area contributed by atoms with Crippen LogP contribution in [0.25, 0.3) is 0 Å². The van der Waals surface area contributed by atoms with Gasteiger partial charge in [0.25, 0.3) is 5.91 Å². The Hall–Kier alpha value is -3.00. The summed E-state index contributed by atoms with van der Waals surface area (Å²) in [4.78, 5) is 12.6. The average Bonchev–Trinajstić information content (AvgIpc) is 2.79. The Kier molecular flexibility index (Phi) is 7.94. The second kappa shape index (κ2) is 10.9. The average molecular weight is 456 g/mol. The van der Waals surface area contributed by atoms with Gasteiger partial charge in [0.1, 0.15) is 0 Å². The Morgan fingerprint density at radius 3 is 2.23 bits per heavy atom. The largest absolute Gasteiger partial charge is 0.272 e. The number of halogens is 1. The van der Waals surface area contributed by atoms with Crippen molar-refractivity contribution in [2.75, 3.05) is 13.1 Å². The third-order valence-corrected chi connectivity index (χ3v) is 6.70. The molecule has 0 bridgehead atoms. The molecule has 160 valence electrons. The third-order valence-electron chi connectivity index (χ3n) is 4.49. The van der Waals surface area contributed by atoms with Crippen molar-refractivity contribution in [3.63, 3.8) is 0 Å². The number of hydrogen-bond donors (Lipinski definition) is 1. The number of carbonyl (C=O) groups excluding carboxylic acids is 1. The van der Waals surface area contributed by atoms with Crippen LogP contribution in [0.4, 0.5) is 0 Å². The maximum absolute atomic E-state index is 13.1. The van der Waals surface area contributed by atoms with Crippen molar-refractivity contribution in [1.29, 1.82) is 0 Å². The van der Waals surface area contributed by atoms with Crippen LogP contribution in [0, 0.1) is 0 Å². The minimum absolute atomic E-state index is 0.135. The van der Waals surface area contributed by atoms with Gasteiger partial charge in [-0.3, -0.25) is 4.79 Å². The van der Waals surface area contributed by atoms with Crippen molar-refractivity contribution >= 4 is 33.7 Å². The lowest BCUT2D eigenvalue weighted by atomic mass is 10.1. The molecule has 0 saturated heterocycles. The zero-order valence-electron chi connectivity index (χ0n) is 16.7. The quantitative estimate of drug-likeness (QED) is 0.394. The molecule has 0 unspecified atom stereocenters. The maximum atomic E-state index is 13.1. The molecule has 0 atom stereocenters. The molecule has 0 aromatic heterocycles. The van der Waals surface area contributed by atoms with Gasteiger partial charge in [0, 0.05) is 17.1 Å². The van der Waals surface area contributed by atoms with Crippen molar-refractivity contribution in [2.24, 2.45) is 5.10 Å². The van der Waals surface area contributed by atoms with Crippen LogP contribution in [0.3, 0.4) is 0 Å². The van der Waals surface area contributed by atoms with Crippen LogP contribution in [-0.4, -0.2) is 37.9 Å². The summed E-state index contributed by atoms with van der Waals surface area (Å²) in [5, 5.41) is 4.39. The lowest BCUT2D eigenvalue weighted by Crippen LogP contribution is -2.40. The van der Waals surface area contributed by atoms with Crippen LogP contribution < -0.4 is 5.43 Å². The van der Waals surface area contributed by atoms with Crippen LogP contribution in [0.2, 0.25) is 5.02 Å². The standard InChI is InChI=1S/C23H22ClN3O3S/c24-22-14-8-7-11-20(22)17-25-26-23(28)18-27(16-15-19-9-3-1-4-10-19)31(29,30)21-12-5-2-6-13-21/h1-14,17H,15-16,18H2,(H,26,28)/b25-17+. The van der Waals surface area contributed by atoms with Gasteiger partial charge in [-0.2, -0.15) is 9.41 Å². The SMILES string of the molecule is O=C(CN(CCc1ccccc1)S(=O)(=O)c1ccccc1)N/N=C/c1ccccc1Cl. The normalized spacial score (nSPS) is 11.7. The molecule has 0 radical (unpaired) electrons. The molecular formula is C23H22ClN3O3S. The summed E-state index contributed by atoms with van der Waals surface area (Å²) in [7, 11) is -3.85. The number of carbonyl (C=O) groups is 1. The molecule has 3 rings (SSSR count). The Labute approximate surface area is 187 Å². The van der Waals surface area contributed by atoms with Crippen molar-refractivity contribution in [2.45, 2.75) is 11.3 Å². The van der Waals surface area contributed by atoms with Crippen molar-refractivity contribution < 1.29 is 13.2 Å². The first-order valence-corrected chi connectivity index (χ1v) is 11.4. The van der Waals surface area contributed by atoms with Crippen LogP contribution in [0.15, 0.2) is 94.9 Å². The monoisotopic (exact) mass is 455 g/mol. The van der Waals surface area contributed by atoms with E-state index in [1.807, 2.05) is 30.3 Å². The number of benzene rings is 3. The van der Waals surface area contributed by atoms with E-state index in [1.165, 1.54) is 18.3 Å². The minimum Gasteiger partial charge on any atom is -0.272 e. The molecule has 0 fully saturated rings. The molecule has 3 aromatic rings. The van der Waals surface area contributed by atoms with E-state index in [0.29, 0.717) is 17.0 Å². The molecule has 1 amide bonds. The van der Waals surface area contributed by atoms with E-state index in [2.05, 4.69) is 10.5 Å². The Bertz CT molecular complexity index is 1140. The number of hydrogen-bond acceptors (Lipinski definition) is 4. The van der Waals surface area contributed by atoms with E-state index in [9.17, 15) is 13.2 Å². The first-order chi connectivity index (χ1) is 15.0. The lowest BCUT2D eigenvalue weighted by molar-refractivity contribution is -0.121. The zero-order chi connectivity index (χ0) is 22.1. The van der Waals surface area contributed by atoms with E-state index in [4.69, 9.17) is 11.6 Å². The summed E-state index contributed by atoms with van der Waals surface area (Å²) in [5.41, 5.74) is 4.00. The highest BCUT2D eigenvalue weighted by molar-refractivity contribution is 7.89. The fourth-order valence-electron chi connectivity index (χ4n) is 2.87. The molecule has 1 N–H and O–H groups in total. The first-order valence-electron chi connectivity index (χ1n) is 9.62. The lowest BCUT2D eigenvalue weighted by Gasteiger charge is -2.21. The maximum Gasteiger partial charge on any atom is 0.255 e. The van der Waals surface area contributed by atoms with E-state index >= 15 is 0 Å². The van der Waals surface area contributed by atoms with E-state index in [1.54, 1.807) is 42.5 Å². The highest BCUT2D eigenvalue weighted by Crippen LogP contribution is 2.16. The second-order valence-corrected chi connectivity index (χ2v) is 9.05. The van der Waals surface area contributed by atoms with Crippen LogP contribution in [-0.2, 0) is 21.2 Å². The van der Waals surface area contributed by atoms with E-state index < -0.39 is 15.9 Å². The molecule has 8 heteroatoms. The number of hydrazone groups is 1. The van der Waals surface area contributed by atoms with Crippen LogP contribution in [0.1, 0.15) is 11.1 Å². The molecule has 0 aliphatic heterocycles. The van der Waals surface area contributed by atoms with Crippen LogP contribution >= 0.6 is 11.6 Å². The second-order valence-electron chi connectivity index (χ2n) is 6.70. The molecule has 0 heterocycles. The summed E-state index contributed by atoms with van der Waals surface area (Å²) in [5.74, 6) is -0.545. The fraction of sp³-hybridized carbons (Fsp3) is 0.130. The van der Waals surface area contributed by atoms with Crippen molar-refractivity contribution in [3.05, 3.63) is 101 Å². The van der Waals surface area contributed by atoms with Gasteiger partial charge in [-0.1, -0.05) is 78.3 Å². The summed E-state index contributed by atoms with van der Waals surface area (Å²) >= 11 is 6.06. The number of sulfonamides is 1. The molecule has 0 aliphatic carbocycles. The third kappa shape index (κ3) is 6.49. The Balaban J connectivity index is 1.72. The van der Waals surface area contributed by atoms with Gasteiger partial charge in [-0.15, -0.1) is 0 Å². The number of nitrogens with one attached hydrogen (secondary N) is 1. The predicted octanol–water partition coefficient (Wildman–Crippen LogP) is 3.72. The number of rotatable bonds is 9. The molecule has 6 nitrogen and oxygen atoms in total. The molecule has 3 aromatic carbocycles.